The van der Waals surface area contributed by atoms with Crippen molar-refractivity contribution in [1.29, 1.82) is 5.26 Å². The van der Waals surface area contributed by atoms with E-state index in [0.717, 1.165) is 5.56 Å². The van der Waals surface area contributed by atoms with E-state index < -0.39 is 6.04 Å². The Hall–Kier alpha value is -2.18. The summed E-state index contributed by atoms with van der Waals surface area (Å²) >= 11 is 0. The van der Waals surface area contributed by atoms with Crippen LogP contribution in [-0.2, 0) is 12.0 Å². The molecule has 0 saturated heterocycles. The van der Waals surface area contributed by atoms with Gasteiger partial charge >= 0.3 is 0 Å². The van der Waals surface area contributed by atoms with E-state index in [9.17, 15) is 9.65 Å². The van der Waals surface area contributed by atoms with Gasteiger partial charge in [-0.05, 0) is 22.6 Å². The Morgan fingerprint density at radius 1 is 1.09 bits per heavy atom. The molecule has 0 aromatic heterocycles. The second-order valence-corrected chi connectivity index (χ2v) is 6.41. The molecule has 0 fully saturated rings. The molecule has 2 nitrogen and oxygen atoms in total. The SMILES string of the molecule is CC(C)(C)c1ccc(C(C#N)NCc2ccccc2F)cc1. The second kappa shape index (κ2) is 6.72. The average molecular weight is 296 g/mol. The lowest BCUT2D eigenvalue weighted by Gasteiger charge is -2.20. The number of hydrogen-bond acceptors (Lipinski definition) is 2. The van der Waals surface area contributed by atoms with E-state index in [2.05, 4.69) is 32.2 Å². The van der Waals surface area contributed by atoms with Gasteiger partial charge < -0.3 is 0 Å². The maximum absolute atomic E-state index is 13.6. The molecular weight excluding hydrogens is 275 g/mol. The Labute approximate surface area is 131 Å². The van der Waals surface area contributed by atoms with Gasteiger partial charge in [0.1, 0.15) is 11.9 Å². The predicted molar refractivity (Wildman–Crippen MR) is 86.7 cm³/mol. The molecule has 0 aliphatic heterocycles. The molecule has 0 aliphatic rings. The number of rotatable bonds is 4. The van der Waals surface area contributed by atoms with Gasteiger partial charge in [-0.3, -0.25) is 5.32 Å². The molecule has 0 saturated carbocycles. The highest BCUT2D eigenvalue weighted by Crippen LogP contribution is 2.24. The van der Waals surface area contributed by atoms with E-state index in [1.807, 2.05) is 24.3 Å². The molecule has 0 spiro atoms. The van der Waals surface area contributed by atoms with Crippen LogP contribution in [0.2, 0.25) is 0 Å². The highest BCUT2D eigenvalue weighted by atomic mass is 19.1. The largest absolute Gasteiger partial charge is 0.294 e. The van der Waals surface area contributed by atoms with Crippen molar-refractivity contribution >= 4 is 0 Å². The van der Waals surface area contributed by atoms with Gasteiger partial charge in [-0.1, -0.05) is 63.2 Å². The average Bonchev–Trinajstić information content (AvgIpc) is 2.49. The molecule has 2 aromatic rings. The summed E-state index contributed by atoms with van der Waals surface area (Å²) in [5.74, 6) is -0.255. The smallest absolute Gasteiger partial charge is 0.127 e. The molecule has 0 radical (unpaired) electrons. The monoisotopic (exact) mass is 296 g/mol. The zero-order valence-electron chi connectivity index (χ0n) is 13.2. The molecule has 0 bridgehead atoms. The third-order valence-electron chi connectivity index (χ3n) is 3.69. The van der Waals surface area contributed by atoms with Crippen LogP contribution in [0.3, 0.4) is 0 Å². The number of nitrogens with one attached hydrogen (secondary N) is 1. The number of hydrogen-bond donors (Lipinski definition) is 1. The van der Waals surface area contributed by atoms with Gasteiger partial charge in [-0.15, -0.1) is 0 Å². The van der Waals surface area contributed by atoms with Crippen LogP contribution in [0.4, 0.5) is 4.39 Å². The minimum atomic E-state index is -0.450. The molecule has 0 heterocycles. The molecule has 0 amide bonds. The number of benzene rings is 2. The quantitative estimate of drug-likeness (QED) is 0.903. The zero-order chi connectivity index (χ0) is 16.2. The van der Waals surface area contributed by atoms with Crippen molar-refractivity contribution in [1.82, 2.24) is 5.32 Å². The fourth-order valence-electron chi connectivity index (χ4n) is 2.27. The first-order valence-electron chi connectivity index (χ1n) is 7.38. The van der Waals surface area contributed by atoms with Gasteiger partial charge in [-0.2, -0.15) is 5.26 Å². The summed E-state index contributed by atoms with van der Waals surface area (Å²) in [6.07, 6.45) is 0. The van der Waals surface area contributed by atoms with Gasteiger partial charge in [-0.25, -0.2) is 4.39 Å². The summed E-state index contributed by atoms with van der Waals surface area (Å²) in [5, 5.41) is 12.4. The highest BCUT2D eigenvalue weighted by molar-refractivity contribution is 5.31. The lowest BCUT2D eigenvalue weighted by atomic mass is 9.86. The van der Waals surface area contributed by atoms with E-state index >= 15 is 0 Å². The summed E-state index contributed by atoms with van der Waals surface area (Å²) in [4.78, 5) is 0. The van der Waals surface area contributed by atoms with Crippen molar-refractivity contribution in [2.45, 2.75) is 38.8 Å². The maximum atomic E-state index is 13.6. The van der Waals surface area contributed by atoms with E-state index in [4.69, 9.17) is 0 Å². The molecule has 1 atom stereocenters. The van der Waals surface area contributed by atoms with Crippen molar-refractivity contribution in [3.8, 4) is 6.07 Å². The van der Waals surface area contributed by atoms with Crippen molar-refractivity contribution in [3.05, 3.63) is 71.0 Å². The van der Waals surface area contributed by atoms with Crippen LogP contribution < -0.4 is 5.32 Å². The topological polar surface area (TPSA) is 35.8 Å². The van der Waals surface area contributed by atoms with E-state index in [1.165, 1.54) is 11.6 Å². The van der Waals surface area contributed by atoms with Crippen molar-refractivity contribution in [3.63, 3.8) is 0 Å². The zero-order valence-corrected chi connectivity index (χ0v) is 13.2. The Kier molecular flexibility index (Phi) is 4.95. The van der Waals surface area contributed by atoms with Crippen LogP contribution in [0.1, 0.15) is 43.5 Å². The molecule has 1 unspecified atom stereocenters. The van der Waals surface area contributed by atoms with E-state index in [0.29, 0.717) is 12.1 Å². The number of nitriles is 1. The number of nitrogens with zero attached hydrogens (tertiary/aromatic N) is 1. The highest BCUT2D eigenvalue weighted by Gasteiger charge is 2.15. The third-order valence-corrected chi connectivity index (χ3v) is 3.69. The summed E-state index contributed by atoms with van der Waals surface area (Å²) in [6.45, 7) is 6.78. The van der Waals surface area contributed by atoms with Crippen LogP contribution in [0.25, 0.3) is 0 Å². The Balaban J connectivity index is 2.09. The molecule has 3 heteroatoms. The third kappa shape index (κ3) is 3.93. The molecule has 1 N–H and O–H groups in total. The van der Waals surface area contributed by atoms with Crippen molar-refractivity contribution in [2.75, 3.05) is 0 Å². The minimum absolute atomic E-state index is 0.0846. The maximum Gasteiger partial charge on any atom is 0.127 e. The molecule has 22 heavy (non-hydrogen) atoms. The van der Waals surface area contributed by atoms with Crippen LogP contribution in [0.5, 0.6) is 0 Å². The second-order valence-electron chi connectivity index (χ2n) is 6.41. The molecule has 2 rings (SSSR count). The van der Waals surface area contributed by atoms with Gasteiger partial charge in [0.2, 0.25) is 0 Å². The Morgan fingerprint density at radius 3 is 2.27 bits per heavy atom. The van der Waals surface area contributed by atoms with Gasteiger partial charge in [0, 0.05) is 12.1 Å². The van der Waals surface area contributed by atoms with Crippen molar-refractivity contribution < 1.29 is 4.39 Å². The summed E-state index contributed by atoms with van der Waals surface area (Å²) in [6, 6.07) is 16.4. The predicted octanol–water partition coefficient (Wildman–Crippen LogP) is 4.48. The normalized spacial score (nSPS) is 12.7. The molecular formula is C19H21FN2. The summed E-state index contributed by atoms with van der Waals surface area (Å²) in [7, 11) is 0. The van der Waals surface area contributed by atoms with Crippen LogP contribution >= 0.6 is 0 Å². The van der Waals surface area contributed by atoms with Crippen LogP contribution in [0, 0.1) is 17.1 Å². The first kappa shape index (κ1) is 16.2. The fraction of sp³-hybridized carbons (Fsp3) is 0.316. The fourth-order valence-corrected chi connectivity index (χ4v) is 2.27. The molecule has 2 aromatic carbocycles. The van der Waals surface area contributed by atoms with Gasteiger partial charge in [0.25, 0.3) is 0 Å². The Morgan fingerprint density at radius 2 is 1.73 bits per heavy atom. The van der Waals surface area contributed by atoms with E-state index in [1.54, 1.807) is 18.2 Å². The lowest BCUT2D eigenvalue weighted by Crippen LogP contribution is -2.20. The first-order valence-corrected chi connectivity index (χ1v) is 7.38. The van der Waals surface area contributed by atoms with Gasteiger partial charge in [0.05, 0.1) is 6.07 Å². The van der Waals surface area contributed by atoms with Crippen LogP contribution in [-0.4, -0.2) is 0 Å². The van der Waals surface area contributed by atoms with E-state index in [-0.39, 0.29) is 11.2 Å². The number of halogens is 1. The summed E-state index contributed by atoms with van der Waals surface area (Å²) < 4.78 is 13.6. The molecule has 0 aliphatic carbocycles. The Bertz CT molecular complexity index is 663. The van der Waals surface area contributed by atoms with Gasteiger partial charge in [0.15, 0.2) is 0 Å². The minimum Gasteiger partial charge on any atom is -0.294 e. The first-order chi connectivity index (χ1) is 10.4. The summed E-state index contributed by atoms with van der Waals surface area (Å²) in [5.41, 5.74) is 2.77. The van der Waals surface area contributed by atoms with Crippen LogP contribution in [0.15, 0.2) is 48.5 Å². The lowest BCUT2D eigenvalue weighted by molar-refractivity contribution is 0.570. The molecule has 114 valence electrons. The van der Waals surface area contributed by atoms with Crippen molar-refractivity contribution in [2.24, 2.45) is 0 Å². The standard InChI is InChI=1S/C19H21FN2/c1-19(2,3)16-10-8-14(9-11-16)18(12-21)22-13-15-6-4-5-7-17(15)20/h4-11,18,22H,13H2,1-3H3.